The summed E-state index contributed by atoms with van der Waals surface area (Å²) in [5.41, 5.74) is 1.35. The topological polar surface area (TPSA) is 49.3 Å². The Kier molecular flexibility index (Phi) is 5.20. The van der Waals surface area contributed by atoms with Crippen LogP contribution >= 0.6 is 0 Å². The number of hydrogen-bond acceptors (Lipinski definition) is 2. The average molecular weight is 271 g/mol. The lowest BCUT2D eigenvalue weighted by Gasteiger charge is -2.06. The van der Waals surface area contributed by atoms with Gasteiger partial charge in [-0.2, -0.15) is 0 Å². The third-order valence-electron chi connectivity index (χ3n) is 3.53. The van der Waals surface area contributed by atoms with Crippen molar-refractivity contribution in [2.75, 3.05) is 6.61 Å². The molecular weight excluding hydrogens is 250 g/mol. The Bertz CT molecular complexity index is 527. The van der Waals surface area contributed by atoms with Gasteiger partial charge >= 0.3 is 0 Å². The summed E-state index contributed by atoms with van der Waals surface area (Å²) >= 11 is 0. The van der Waals surface area contributed by atoms with E-state index in [1.165, 1.54) is 12.8 Å². The summed E-state index contributed by atoms with van der Waals surface area (Å²) in [4.78, 5) is 12.3. The Morgan fingerprint density at radius 3 is 3.00 bits per heavy atom. The number of carbonyl (C=O) groups is 1. The van der Waals surface area contributed by atoms with Crippen LogP contribution in [0.5, 0.6) is 0 Å². The Labute approximate surface area is 120 Å². The van der Waals surface area contributed by atoms with E-state index in [1.807, 2.05) is 18.2 Å². The molecule has 0 saturated heterocycles. The third-order valence-corrected chi connectivity index (χ3v) is 3.53. The quantitative estimate of drug-likeness (QED) is 0.808. The predicted octanol–water partition coefficient (Wildman–Crippen LogP) is 2.34. The molecule has 0 heterocycles. The molecule has 1 saturated carbocycles. The minimum atomic E-state index is -0.0394. The summed E-state index contributed by atoms with van der Waals surface area (Å²) in [5, 5.41) is 11.8. The molecule has 3 nitrogen and oxygen atoms in total. The number of hydrogen-bond donors (Lipinski definition) is 2. The number of amides is 1. The van der Waals surface area contributed by atoms with Crippen molar-refractivity contribution in [3.63, 3.8) is 0 Å². The summed E-state index contributed by atoms with van der Waals surface area (Å²) < 4.78 is 0. The maximum atomic E-state index is 12.3. The van der Waals surface area contributed by atoms with Crippen molar-refractivity contribution in [2.24, 2.45) is 5.92 Å². The second-order valence-electron chi connectivity index (χ2n) is 5.19. The Balaban J connectivity index is 2.01. The van der Waals surface area contributed by atoms with E-state index in [4.69, 9.17) is 5.11 Å². The van der Waals surface area contributed by atoms with Crippen molar-refractivity contribution < 1.29 is 9.90 Å². The van der Waals surface area contributed by atoms with Gasteiger partial charge in [-0.1, -0.05) is 37.3 Å². The molecule has 1 aromatic rings. The zero-order chi connectivity index (χ0) is 14.4. The van der Waals surface area contributed by atoms with Crippen LogP contribution in [-0.4, -0.2) is 23.7 Å². The molecule has 1 fully saturated rings. The van der Waals surface area contributed by atoms with Gasteiger partial charge < -0.3 is 10.4 Å². The van der Waals surface area contributed by atoms with Crippen LogP contribution in [0.4, 0.5) is 0 Å². The summed E-state index contributed by atoms with van der Waals surface area (Å²) in [6, 6.07) is 7.70. The van der Waals surface area contributed by atoms with Gasteiger partial charge in [0.05, 0.1) is 12.2 Å². The predicted molar refractivity (Wildman–Crippen MR) is 79.3 cm³/mol. The van der Waals surface area contributed by atoms with E-state index in [0.29, 0.717) is 23.9 Å². The van der Waals surface area contributed by atoms with Gasteiger partial charge in [-0.05, 0) is 30.9 Å². The van der Waals surface area contributed by atoms with Gasteiger partial charge in [0.1, 0.15) is 0 Å². The van der Waals surface area contributed by atoms with Crippen LogP contribution in [0.3, 0.4) is 0 Å². The largest absolute Gasteiger partial charge is 0.395 e. The molecule has 0 aromatic heterocycles. The van der Waals surface area contributed by atoms with E-state index in [0.717, 1.165) is 12.0 Å². The number of rotatable bonds is 5. The normalized spacial score (nSPS) is 19.9. The lowest BCUT2D eigenvalue weighted by atomic mass is 10.1. The molecule has 1 aromatic carbocycles. The van der Waals surface area contributed by atoms with E-state index < -0.39 is 0 Å². The van der Waals surface area contributed by atoms with Crippen LogP contribution in [0.2, 0.25) is 0 Å². The van der Waals surface area contributed by atoms with Crippen molar-refractivity contribution >= 4 is 5.91 Å². The van der Waals surface area contributed by atoms with Gasteiger partial charge in [0.25, 0.3) is 5.91 Å². The highest BCUT2D eigenvalue weighted by molar-refractivity contribution is 5.97. The molecule has 0 spiro atoms. The van der Waals surface area contributed by atoms with Gasteiger partial charge in [-0.25, -0.2) is 0 Å². The molecule has 3 heteroatoms. The highest BCUT2D eigenvalue weighted by Crippen LogP contribution is 2.34. The smallest absolute Gasteiger partial charge is 0.252 e. The SMILES string of the molecule is CCCC1CC1NC(=O)c1ccccc1C#CCCO. The number of benzene rings is 1. The molecule has 2 unspecified atom stereocenters. The van der Waals surface area contributed by atoms with Crippen molar-refractivity contribution in [1.82, 2.24) is 5.32 Å². The van der Waals surface area contributed by atoms with Crippen LogP contribution < -0.4 is 5.32 Å². The second kappa shape index (κ2) is 7.12. The molecule has 106 valence electrons. The first-order valence-electron chi connectivity index (χ1n) is 7.26. The average Bonchev–Trinajstić information content (AvgIpc) is 3.18. The van der Waals surface area contributed by atoms with Crippen molar-refractivity contribution in [2.45, 2.75) is 38.6 Å². The van der Waals surface area contributed by atoms with Gasteiger partial charge in [0.2, 0.25) is 0 Å². The highest BCUT2D eigenvalue weighted by Gasteiger charge is 2.37. The molecule has 1 amide bonds. The molecule has 0 aliphatic heterocycles. The Hall–Kier alpha value is -1.79. The van der Waals surface area contributed by atoms with Crippen LogP contribution in [0.15, 0.2) is 24.3 Å². The minimum absolute atomic E-state index is 0.0394. The lowest BCUT2D eigenvalue weighted by molar-refractivity contribution is 0.0948. The van der Waals surface area contributed by atoms with Gasteiger partial charge in [0, 0.05) is 18.0 Å². The number of aliphatic hydroxyl groups is 1. The van der Waals surface area contributed by atoms with E-state index >= 15 is 0 Å². The molecule has 1 aliphatic rings. The molecule has 2 rings (SSSR count). The van der Waals surface area contributed by atoms with Crippen molar-refractivity contribution in [1.29, 1.82) is 0 Å². The number of aliphatic hydroxyl groups excluding tert-OH is 1. The van der Waals surface area contributed by atoms with Crippen LogP contribution in [0.25, 0.3) is 0 Å². The van der Waals surface area contributed by atoms with E-state index in [9.17, 15) is 4.79 Å². The fourth-order valence-corrected chi connectivity index (χ4v) is 2.36. The summed E-state index contributed by atoms with van der Waals surface area (Å²) in [5.74, 6) is 6.43. The fraction of sp³-hybridized carbons (Fsp3) is 0.471. The van der Waals surface area contributed by atoms with Crippen molar-refractivity contribution in [3.8, 4) is 11.8 Å². The standard InChI is InChI=1S/C17H21NO2/c1-2-7-14-12-16(14)18-17(20)15-10-4-3-8-13(15)9-5-6-11-19/h3-4,8,10,14,16,19H,2,6-7,11-12H2,1H3,(H,18,20). The molecule has 1 aliphatic carbocycles. The van der Waals surface area contributed by atoms with Gasteiger partial charge in [-0.15, -0.1) is 0 Å². The molecule has 0 bridgehead atoms. The number of nitrogens with one attached hydrogen (secondary N) is 1. The zero-order valence-corrected chi connectivity index (χ0v) is 11.9. The third kappa shape index (κ3) is 3.85. The Morgan fingerprint density at radius 2 is 2.25 bits per heavy atom. The van der Waals surface area contributed by atoms with Crippen LogP contribution in [0.1, 0.15) is 48.5 Å². The van der Waals surface area contributed by atoms with E-state index in [1.54, 1.807) is 6.07 Å². The maximum absolute atomic E-state index is 12.3. The van der Waals surface area contributed by atoms with Gasteiger partial charge in [0.15, 0.2) is 0 Å². The first-order valence-corrected chi connectivity index (χ1v) is 7.26. The van der Waals surface area contributed by atoms with Crippen LogP contribution in [0, 0.1) is 17.8 Å². The minimum Gasteiger partial charge on any atom is -0.395 e. The zero-order valence-electron chi connectivity index (χ0n) is 11.9. The maximum Gasteiger partial charge on any atom is 0.252 e. The monoisotopic (exact) mass is 271 g/mol. The molecule has 0 radical (unpaired) electrons. The lowest BCUT2D eigenvalue weighted by Crippen LogP contribution is -2.27. The molecular formula is C17H21NO2. The van der Waals surface area contributed by atoms with Crippen molar-refractivity contribution in [3.05, 3.63) is 35.4 Å². The van der Waals surface area contributed by atoms with E-state index in [-0.39, 0.29) is 12.5 Å². The summed E-state index contributed by atoms with van der Waals surface area (Å²) in [6.45, 7) is 2.21. The molecule has 2 atom stereocenters. The first-order chi connectivity index (χ1) is 9.76. The van der Waals surface area contributed by atoms with Crippen LogP contribution in [-0.2, 0) is 0 Å². The molecule has 20 heavy (non-hydrogen) atoms. The van der Waals surface area contributed by atoms with Gasteiger partial charge in [-0.3, -0.25) is 4.79 Å². The highest BCUT2D eigenvalue weighted by atomic mass is 16.2. The fourth-order valence-electron chi connectivity index (χ4n) is 2.36. The molecule has 2 N–H and O–H groups in total. The summed E-state index contributed by atoms with van der Waals surface area (Å²) in [6.07, 6.45) is 3.87. The number of carbonyl (C=O) groups excluding carboxylic acids is 1. The van der Waals surface area contributed by atoms with E-state index in [2.05, 4.69) is 24.1 Å². The summed E-state index contributed by atoms with van der Waals surface area (Å²) in [7, 11) is 0. The second-order valence-corrected chi connectivity index (χ2v) is 5.19. The Morgan fingerprint density at radius 1 is 1.45 bits per heavy atom. The first kappa shape index (κ1) is 14.6.